The number of imidazole rings is 1. The third kappa shape index (κ3) is 4.52. The molecule has 1 N–H and O–H groups in total. The first-order valence-corrected chi connectivity index (χ1v) is 12.4. The number of amides is 1. The van der Waals surface area contributed by atoms with Gasteiger partial charge in [-0.25, -0.2) is 13.2 Å². The van der Waals surface area contributed by atoms with Crippen LogP contribution in [0.4, 0.5) is 11.4 Å². The normalized spacial score (nSPS) is 11.3. The standard InChI is InChI=1S/C25H26N4O6S/c1-27-20-14-9-17(15-22(20)28(2)25(27)31)26-24(30)16-29(21-7-5-6-8-23(21)35-4)36(32,33)19-12-10-18(34-3)11-13-19/h5-15H,16H2,1-4H3,(H,26,30). The number of sulfonamides is 1. The lowest BCUT2D eigenvalue weighted by molar-refractivity contribution is -0.114. The molecule has 1 heterocycles. The molecule has 3 aromatic carbocycles. The van der Waals surface area contributed by atoms with Crippen molar-refractivity contribution in [3.63, 3.8) is 0 Å². The highest BCUT2D eigenvalue weighted by atomic mass is 32.2. The Bertz CT molecular complexity index is 1590. The quantitative estimate of drug-likeness (QED) is 0.390. The fourth-order valence-electron chi connectivity index (χ4n) is 3.93. The molecule has 11 heteroatoms. The number of aromatic nitrogens is 2. The van der Waals surface area contributed by atoms with Gasteiger partial charge in [-0.05, 0) is 54.6 Å². The first kappa shape index (κ1) is 24.9. The fraction of sp³-hybridized carbons (Fsp3) is 0.200. The van der Waals surface area contributed by atoms with Crippen LogP contribution in [0.25, 0.3) is 11.0 Å². The first-order chi connectivity index (χ1) is 17.2. The summed E-state index contributed by atoms with van der Waals surface area (Å²) >= 11 is 0. The van der Waals surface area contributed by atoms with E-state index in [1.807, 2.05) is 0 Å². The number of carbonyl (C=O) groups excluding carboxylic acids is 1. The summed E-state index contributed by atoms with van der Waals surface area (Å²) in [5, 5.41) is 2.74. The van der Waals surface area contributed by atoms with Gasteiger partial charge in [0, 0.05) is 19.8 Å². The maximum atomic E-state index is 13.7. The summed E-state index contributed by atoms with van der Waals surface area (Å²) in [4.78, 5) is 25.3. The summed E-state index contributed by atoms with van der Waals surface area (Å²) in [6.45, 7) is -0.513. The summed E-state index contributed by atoms with van der Waals surface area (Å²) < 4.78 is 41.8. The number of ether oxygens (including phenoxy) is 2. The Morgan fingerprint density at radius 2 is 1.58 bits per heavy atom. The van der Waals surface area contributed by atoms with Gasteiger partial charge in [-0.3, -0.25) is 18.2 Å². The Labute approximate surface area is 208 Å². The molecule has 10 nitrogen and oxygen atoms in total. The van der Waals surface area contributed by atoms with E-state index in [2.05, 4.69) is 5.32 Å². The number of anilines is 2. The third-order valence-corrected chi connectivity index (χ3v) is 7.62. The Morgan fingerprint density at radius 1 is 0.917 bits per heavy atom. The molecular weight excluding hydrogens is 484 g/mol. The predicted molar refractivity (Wildman–Crippen MR) is 137 cm³/mol. The minimum atomic E-state index is -4.15. The SMILES string of the molecule is COc1ccc(S(=O)(=O)N(CC(=O)Nc2ccc3c(c2)n(C)c(=O)n3C)c2ccccc2OC)cc1. The lowest BCUT2D eigenvalue weighted by Gasteiger charge is -2.25. The highest BCUT2D eigenvalue weighted by Crippen LogP contribution is 2.32. The molecule has 1 amide bonds. The summed E-state index contributed by atoms with van der Waals surface area (Å²) in [5.74, 6) is 0.225. The maximum Gasteiger partial charge on any atom is 0.328 e. The highest BCUT2D eigenvalue weighted by molar-refractivity contribution is 7.92. The van der Waals surface area contributed by atoms with Gasteiger partial charge >= 0.3 is 5.69 Å². The largest absolute Gasteiger partial charge is 0.497 e. The number of benzene rings is 3. The van der Waals surface area contributed by atoms with Crippen molar-refractivity contribution in [3.05, 3.63) is 77.2 Å². The molecule has 36 heavy (non-hydrogen) atoms. The van der Waals surface area contributed by atoms with E-state index in [1.165, 1.54) is 47.6 Å². The monoisotopic (exact) mass is 510 g/mol. The second-order valence-corrected chi connectivity index (χ2v) is 9.87. The van der Waals surface area contributed by atoms with Gasteiger partial charge in [-0.15, -0.1) is 0 Å². The summed E-state index contributed by atoms with van der Waals surface area (Å²) in [7, 11) is 2.06. The minimum absolute atomic E-state index is 0.0114. The molecule has 0 saturated heterocycles. The van der Waals surface area contributed by atoms with Crippen LogP contribution in [0.3, 0.4) is 0 Å². The highest BCUT2D eigenvalue weighted by Gasteiger charge is 2.29. The third-order valence-electron chi connectivity index (χ3n) is 5.84. The molecule has 0 aliphatic heterocycles. The molecule has 1 aromatic heterocycles. The van der Waals surface area contributed by atoms with E-state index >= 15 is 0 Å². The van der Waals surface area contributed by atoms with E-state index in [1.54, 1.807) is 56.6 Å². The number of fused-ring (bicyclic) bond motifs is 1. The molecule has 0 aliphatic rings. The van der Waals surface area contributed by atoms with E-state index in [4.69, 9.17) is 9.47 Å². The maximum absolute atomic E-state index is 13.7. The van der Waals surface area contributed by atoms with Crippen LogP contribution in [0.2, 0.25) is 0 Å². The lowest BCUT2D eigenvalue weighted by atomic mass is 10.2. The molecule has 0 fully saturated rings. The van der Waals surface area contributed by atoms with Crippen LogP contribution in [0.1, 0.15) is 0 Å². The van der Waals surface area contributed by atoms with Gasteiger partial charge < -0.3 is 14.8 Å². The summed E-state index contributed by atoms with van der Waals surface area (Å²) in [6, 6.07) is 17.5. The smallest absolute Gasteiger partial charge is 0.328 e. The van der Waals surface area contributed by atoms with E-state index in [-0.39, 0.29) is 16.3 Å². The van der Waals surface area contributed by atoms with Gasteiger partial charge in [0.15, 0.2) is 0 Å². The van der Waals surface area contributed by atoms with Crippen molar-refractivity contribution >= 4 is 38.3 Å². The van der Waals surface area contributed by atoms with Crippen LogP contribution in [0.15, 0.2) is 76.4 Å². The van der Waals surface area contributed by atoms with Gasteiger partial charge in [0.2, 0.25) is 5.91 Å². The number of rotatable bonds is 8. The number of carbonyl (C=O) groups is 1. The number of methoxy groups -OCH3 is 2. The van der Waals surface area contributed by atoms with Crippen molar-refractivity contribution in [2.45, 2.75) is 4.90 Å². The Kier molecular flexibility index (Phi) is 6.75. The average molecular weight is 511 g/mol. The van der Waals surface area contributed by atoms with Crippen LogP contribution in [0, 0.1) is 0 Å². The van der Waals surface area contributed by atoms with Gasteiger partial charge in [-0.1, -0.05) is 12.1 Å². The zero-order valence-electron chi connectivity index (χ0n) is 20.3. The zero-order chi connectivity index (χ0) is 26.0. The zero-order valence-corrected chi connectivity index (χ0v) is 21.1. The molecular formula is C25H26N4O6S. The van der Waals surface area contributed by atoms with Crippen molar-refractivity contribution in [2.24, 2.45) is 14.1 Å². The summed E-state index contributed by atoms with van der Waals surface area (Å²) in [5.41, 5.74) is 1.79. The molecule has 0 saturated carbocycles. The van der Waals surface area contributed by atoms with E-state index in [0.29, 0.717) is 28.2 Å². The average Bonchev–Trinajstić information content (AvgIpc) is 3.10. The van der Waals surface area contributed by atoms with Gasteiger partial charge in [-0.2, -0.15) is 0 Å². The molecule has 0 atom stereocenters. The molecule has 0 aliphatic carbocycles. The van der Waals surface area contributed by atoms with Gasteiger partial charge in [0.05, 0.1) is 35.8 Å². The molecule has 0 spiro atoms. The van der Waals surface area contributed by atoms with Gasteiger partial charge in [0.25, 0.3) is 10.0 Å². The van der Waals surface area contributed by atoms with Crippen LogP contribution < -0.4 is 24.8 Å². The topological polar surface area (TPSA) is 112 Å². The van der Waals surface area contributed by atoms with E-state index in [9.17, 15) is 18.0 Å². The van der Waals surface area contributed by atoms with Crippen molar-refractivity contribution in [1.82, 2.24) is 9.13 Å². The first-order valence-electron chi connectivity index (χ1n) is 10.9. The Morgan fingerprint density at radius 3 is 2.25 bits per heavy atom. The summed E-state index contributed by atoms with van der Waals surface area (Å²) in [6.07, 6.45) is 0. The number of para-hydroxylation sites is 2. The molecule has 0 radical (unpaired) electrons. The number of nitrogens with one attached hydrogen (secondary N) is 1. The van der Waals surface area contributed by atoms with Crippen molar-refractivity contribution in [1.29, 1.82) is 0 Å². The van der Waals surface area contributed by atoms with Crippen LogP contribution in [0.5, 0.6) is 11.5 Å². The van der Waals surface area contributed by atoms with Crippen LogP contribution >= 0.6 is 0 Å². The molecule has 188 valence electrons. The minimum Gasteiger partial charge on any atom is -0.497 e. The van der Waals surface area contributed by atoms with Gasteiger partial charge in [0.1, 0.15) is 18.0 Å². The second kappa shape index (κ2) is 9.78. The molecule has 0 unspecified atom stereocenters. The van der Waals surface area contributed by atoms with Crippen molar-refractivity contribution < 1.29 is 22.7 Å². The number of hydrogen-bond donors (Lipinski definition) is 1. The predicted octanol–water partition coefficient (Wildman–Crippen LogP) is 2.73. The van der Waals surface area contributed by atoms with Crippen molar-refractivity contribution in [2.75, 3.05) is 30.4 Å². The van der Waals surface area contributed by atoms with Crippen LogP contribution in [-0.4, -0.2) is 44.2 Å². The Hall–Kier alpha value is -4.25. The van der Waals surface area contributed by atoms with Crippen molar-refractivity contribution in [3.8, 4) is 11.5 Å². The number of hydrogen-bond acceptors (Lipinski definition) is 6. The molecule has 4 rings (SSSR count). The second-order valence-electron chi connectivity index (χ2n) is 8.01. The van der Waals surface area contributed by atoms with E-state index in [0.717, 1.165) is 4.31 Å². The molecule has 4 aromatic rings. The Balaban J connectivity index is 1.69. The van der Waals surface area contributed by atoms with E-state index < -0.39 is 22.5 Å². The lowest BCUT2D eigenvalue weighted by Crippen LogP contribution is -2.38. The molecule has 0 bridgehead atoms. The number of nitrogens with zero attached hydrogens (tertiary/aromatic N) is 3. The fourth-order valence-corrected chi connectivity index (χ4v) is 5.36. The number of aryl methyl sites for hydroxylation is 2. The van der Waals surface area contributed by atoms with Crippen LogP contribution in [-0.2, 0) is 28.9 Å².